The number of aryl methyl sites for hydroxylation is 1. The van der Waals surface area contributed by atoms with E-state index in [1.54, 1.807) is 0 Å². The molecule has 1 aliphatic carbocycles. The van der Waals surface area contributed by atoms with Crippen LogP contribution in [0.3, 0.4) is 0 Å². The summed E-state index contributed by atoms with van der Waals surface area (Å²) in [4.78, 5) is 27.1. The molecule has 1 amide bonds. The highest BCUT2D eigenvalue weighted by molar-refractivity contribution is 6.03. The Labute approximate surface area is 141 Å². The highest BCUT2D eigenvalue weighted by atomic mass is 16.7. The van der Waals surface area contributed by atoms with Crippen molar-refractivity contribution in [3.05, 3.63) is 22.6 Å². The molecule has 2 fully saturated rings. The summed E-state index contributed by atoms with van der Waals surface area (Å²) in [5.41, 5.74) is 1.32. The average Bonchev–Trinajstić information content (AvgIpc) is 3.23. The number of ketones is 1. The summed E-state index contributed by atoms with van der Waals surface area (Å²) >= 11 is 0. The zero-order valence-corrected chi connectivity index (χ0v) is 14.0. The van der Waals surface area contributed by atoms with Gasteiger partial charge in [0.1, 0.15) is 5.76 Å². The number of nitrogens with zero attached hydrogens (tertiary/aromatic N) is 1. The number of ether oxygens (including phenoxy) is 2. The second-order valence-electron chi connectivity index (χ2n) is 6.80. The lowest BCUT2D eigenvalue weighted by Crippen LogP contribution is -2.50. The minimum Gasteiger partial charge on any atom is -0.455 e. The maximum absolute atomic E-state index is 13.1. The van der Waals surface area contributed by atoms with Crippen molar-refractivity contribution in [3.63, 3.8) is 0 Å². The molecule has 0 spiro atoms. The molecule has 0 saturated carbocycles. The van der Waals surface area contributed by atoms with Crippen LogP contribution >= 0.6 is 0 Å². The molecule has 6 heteroatoms. The quantitative estimate of drug-likeness (QED) is 0.831. The topological polar surface area (TPSA) is 69.0 Å². The van der Waals surface area contributed by atoms with Crippen molar-refractivity contribution >= 4 is 11.7 Å². The van der Waals surface area contributed by atoms with Crippen LogP contribution in [0.25, 0.3) is 0 Å². The summed E-state index contributed by atoms with van der Waals surface area (Å²) < 4.78 is 17.1. The van der Waals surface area contributed by atoms with Gasteiger partial charge in [-0.25, -0.2) is 0 Å². The van der Waals surface area contributed by atoms with Crippen LogP contribution < -0.4 is 0 Å². The fourth-order valence-electron chi connectivity index (χ4n) is 4.07. The highest BCUT2D eigenvalue weighted by Gasteiger charge is 2.39. The van der Waals surface area contributed by atoms with Crippen LogP contribution in [0.4, 0.5) is 0 Å². The third-order valence-corrected chi connectivity index (χ3v) is 5.27. The van der Waals surface area contributed by atoms with E-state index in [1.807, 2.05) is 11.8 Å². The number of rotatable bonds is 2. The fourth-order valence-corrected chi connectivity index (χ4v) is 4.07. The molecule has 3 heterocycles. The number of likely N-dealkylation sites (tertiary alicyclic amines) is 1. The molecule has 1 aromatic rings. The Kier molecular flexibility index (Phi) is 4.18. The number of hydrogen-bond acceptors (Lipinski definition) is 5. The Bertz CT molecular complexity index is 659. The predicted molar refractivity (Wildman–Crippen MR) is 85.1 cm³/mol. The number of carbonyl (C=O) groups is 2. The molecule has 0 N–H and O–H groups in total. The maximum Gasteiger partial charge on any atom is 0.290 e. The van der Waals surface area contributed by atoms with Gasteiger partial charge in [-0.1, -0.05) is 0 Å². The predicted octanol–water partition coefficient (Wildman–Crippen LogP) is 2.47. The second-order valence-corrected chi connectivity index (χ2v) is 6.80. The lowest BCUT2D eigenvalue weighted by atomic mass is 9.93. The third kappa shape index (κ3) is 2.58. The molecular formula is C18H23NO5. The van der Waals surface area contributed by atoms with Crippen LogP contribution in [0.5, 0.6) is 0 Å². The first kappa shape index (κ1) is 15.8. The summed E-state index contributed by atoms with van der Waals surface area (Å²) in [6.07, 6.45) is 4.61. The van der Waals surface area contributed by atoms with Crippen LogP contribution in [-0.4, -0.2) is 48.7 Å². The van der Waals surface area contributed by atoms with Gasteiger partial charge in [-0.2, -0.15) is 0 Å². The highest BCUT2D eigenvalue weighted by Crippen LogP contribution is 2.32. The van der Waals surface area contributed by atoms with Gasteiger partial charge in [-0.15, -0.1) is 0 Å². The smallest absolute Gasteiger partial charge is 0.290 e. The van der Waals surface area contributed by atoms with Crippen molar-refractivity contribution < 1.29 is 23.5 Å². The van der Waals surface area contributed by atoms with Crippen molar-refractivity contribution in [3.8, 4) is 0 Å². The molecule has 1 atom stereocenters. The molecule has 130 valence electrons. The van der Waals surface area contributed by atoms with Crippen LogP contribution in [0.15, 0.2) is 4.42 Å². The van der Waals surface area contributed by atoms with E-state index in [9.17, 15) is 9.59 Å². The lowest BCUT2D eigenvalue weighted by Gasteiger charge is -2.37. The number of fused-ring (bicyclic) bond motifs is 1. The van der Waals surface area contributed by atoms with E-state index in [1.165, 1.54) is 0 Å². The summed E-state index contributed by atoms with van der Waals surface area (Å²) in [5.74, 6) is 0.946. The summed E-state index contributed by atoms with van der Waals surface area (Å²) in [6.45, 7) is 3.64. The summed E-state index contributed by atoms with van der Waals surface area (Å²) in [7, 11) is 0. The van der Waals surface area contributed by atoms with E-state index in [0.717, 1.165) is 32.1 Å². The van der Waals surface area contributed by atoms with Crippen molar-refractivity contribution in [2.75, 3.05) is 19.8 Å². The van der Waals surface area contributed by atoms with E-state index < -0.39 is 0 Å². The van der Waals surface area contributed by atoms with E-state index in [-0.39, 0.29) is 24.0 Å². The minimum atomic E-state index is -0.347. The van der Waals surface area contributed by atoms with E-state index in [4.69, 9.17) is 13.9 Å². The number of Topliss-reactive ketones (excluding diaryl/α,β-unsaturated/α-hetero) is 1. The van der Waals surface area contributed by atoms with Gasteiger partial charge in [0.05, 0.1) is 24.8 Å². The Balaban J connectivity index is 1.63. The molecule has 0 radical (unpaired) electrons. The molecule has 1 unspecified atom stereocenters. The number of piperidine rings is 1. The van der Waals surface area contributed by atoms with Gasteiger partial charge >= 0.3 is 0 Å². The van der Waals surface area contributed by atoms with Crippen molar-refractivity contribution in [2.45, 2.75) is 57.8 Å². The van der Waals surface area contributed by atoms with Gasteiger partial charge in [0.15, 0.2) is 17.8 Å². The van der Waals surface area contributed by atoms with Crippen molar-refractivity contribution in [2.24, 2.45) is 0 Å². The molecular weight excluding hydrogens is 310 g/mol. The molecule has 1 aromatic heterocycles. The number of carbonyl (C=O) groups excluding carboxylic acids is 2. The standard InChI is InChI=1S/C18H23NO5/c1-11-15-13(20)6-4-7-14(15)24-16(11)17(21)19-8-3-2-5-12(19)18-22-9-10-23-18/h12,18H,2-10H2,1H3. The van der Waals surface area contributed by atoms with Crippen LogP contribution in [0.2, 0.25) is 0 Å². The average molecular weight is 333 g/mol. The van der Waals surface area contributed by atoms with Gasteiger partial charge in [0, 0.05) is 24.9 Å². The van der Waals surface area contributed by atoms with E-state index in [2.05, 4.69) is 0 Å². The molecule has 2 aliphatic heterocycles. The Morgan fingerprint density at radius 3 is 2.67 bits per heavy atom. The first-order valence-electron chi connectivity index (χ1n) is 8.86. The van der Waals surface area contributed by atoms with Crippen LogP contribution in [0.1, 0.15) is 64.3 Å². The van der Waals surface area contributed by atoms with Crippen LogP contribution in [-0.2, 0) is 15.9 Å². The molecule has 4 rings (SSSR count). The molecule has 0 bridgehead atoms. The van der Waals surface area contributed by atoms with Gasteiger partial charge in [-0.05, 0) is 32.6 Å². The zero-order chi connectivity index (χ0) is 16.7. The largest absolute Gasteiger partial charge is 0.455 e. The minimum absolute atomic E-state index is 0.0778. The van der Waals surface area contributed by atoms with Gasteiger partial charge in [0.25, 0.3) is 5.91 Å². The Morgan fingerprint density at radius 1 is 1.12 bits per heavy atom. The van der Waals surface area contributed by atoms with Gasteiger partial charge in [-0.3, -0.25) is 9.59 Å². The monoisotopic (exact) mass is 333 g/mol. The fraction of sp³-hybridized carbons (Fsp3) is 0.667. The lowest BCUT2D eigenvalue weighted by molar-refractivity contribution is -0.101. The normalized spacial score (nSPS) is 25.1. The zero-order valence-electron chi connectivity index (χ0n) is 14.0. The number of amides is 1. The number of hydrogen-bond donors (Lipinski definition) is 0. The first-order chi connectivity index (χ1) is 11.7. The third-order valence-electron chi connectivity index (χ3n) is 5.27. The summed E-state index contributed by atoms with van der Waals surface area (Å²) in [6, 6.07) is -0.0778. The Morgan fingerprint density at radius 2 is 1.92 bits per heavy atom. The first-order valence-corrected chi connectivity index (χ1v) is 8.86. The van der Waals surface area contributed by atoms with Gasteiger partial charge in [0.2, 0.25) is 0 Å². The van der Waals surface area contributed by atoms with E-state index in [0.29, 0.717) is 48.8 Å². The van der Waals surface area contributed by atoms with Crippen LogP contribution in [0, 0.1) is 6.92 Å². The molecule has 0 aromatic carbocycles. The Hall–Kier alpha value is -1.66. The van der Waals surface area contributed by atoms with Crippen molar-refractivity contribution in [1.29, 1.82) is 0 Å². The molecule has 6 nitrogen and oxygen atoms in total. The molecule has 3 aliphatic rings. The number of furan rings is 1. The van der Waals surface area contributed by atoms with Crippen molar-refractivity contribution in [1.82, 2.24) is 4.90 Å². The SMILES string of the molecule is Cc1c(C(=O)N2CCCCC2C2OCCO2)oc2c1C(=O)CCC2. The maximum atomic E-state index is 13.1. The second kappa shape index (κ2) is 6.33. The van der Waals surface area contributed by atoms with E-state index >= 15 is 0 Å². The van der Waals surface area contributed by atoms with Gasteiger partial charge < -0.3 is 18.8 Å². The summed E-state index contributed by atoms with van der Waals surface area (Å²) in [5, 5.41) is 0. The molecule has 24 heavy (non-hydrogen) atoms. The molecule has 2 saturated heterocycles.